The third-order valence-electron chi connectivity index (χ3n) is 5.68. The van der Waals surface area contributed by atoms with Gasteiger partial charge < -0.3 is 4.74 Å². The van der Waals surface area contributed by atoms with Crippen molar-refractivity contribution < 1.29 is 9.53 Å². The zero-order valence-electron chi connectivity index (χ0n) is 13.6. The highest BCUT2D eigenvalue weighted by Crippen LogP contribution is 2.41. The molecule has 0 bridgehead atoms. The molecule has 0 aromatic rings. The first kappa shape index (κ1) is 16.0. The molecule has 2 aliphatic rings. The first-order valence-corrected chi connectivity index (χ1v) is 8.79. The summed E-state index contributed by atoms with van der Waals surface area (Å²) in [7, 11) is 0. The van der Waals surface area contributed by atoms with Crippen molar-refractivity contribution in [3.05, 3.63) is 0 Å². The fraction of sp³-hybridized carbons (Fsp3) is 0.944. The van der Waals surface area contributed by atoms with Crippen molar-refractivity contribution in [2.75, 3.05) is 6.61 Å². The zero-order chi connectivity index (χ0) is 14.6. The van der Waals surface area contributed by atoms with Crippen molar-refractivity contribution >= 4 is 5.78 Å². The van der Waals surface area contributed by atoms with E-state index < -0.39 is 5.60 Å². The van der Waals surface area contributed by atoms with Crippen LogP contribution in [0.25, 0.3) is 0 Å². The summed E-state index contributed by atoms with van der Waals surface area (Å²) < 4.78 is 6.05. The molecule has 2 aliphatic carbocycles. The van der Waals surface area contributed by atoms with Crippen LogP contribution < -0.4 is 0 Å². The number of hydrogen-bond donors (Lipinski definition) is 0. The number of ketones is 1. The summed E-state index contributed by atoms with van der Waals surface area (Å²) in [6.45, 7) is 7.26. The fourth-order valence-corrected chi connectivity index (χ4v) is 4.24. The molecule has 0 saturated heterocycles. The first-order chi connectivity index (χ1) is 9.61. The molecule has 2 unspecified atom stereocenters. The Morgan fingerprint density at radius 2 is 1.85 bits per heavy atom. The van der Waals surface area contributed by atoms with Crippen LogP contribution in [-0.2, 0) is 9.53 Å². The van der Waals surface area contributed by atoms with Crippen LogP contribution in [0, 0.1) is 17.8 Å². The van der Waals surface area contributed by atoms with Gasteiger partial charge in [-0.15, -0.1) is 0 Å². The van der Waals surface area contributed by atoms with Gasteiger partial charge in [-0.2, -0.15) is 0 Å². The van der Waals surface area contributed by atoms with Crippen LogP contribution in [0.1, 0.15) is 78.6 Å². The van der Waals surface area contributed by atoms with Gasteiger partial charge in [-0.1, -0.05) is 33.1 Å². The van der Waals surface area contributed by atoms with Crippen LogP contribution in [-0.4, -0.2) is 18.0 Å². The van der Waals surface area contributed by atoms with Crippen molar-refractivity contribution in [2.24, 2.45) is 17.8 Å². The minimum atomic E-state index is -0.429. The van der Waals surface area contributed by atoms with Gasteiger partial charge in [0.05, 0.1) is 0 Å². The average Bonchev–Trinajstić information content (AvgIpc) is 2.49. The third kappa shape index (κ3) is 3.44. The topological polar surface area (TPSA) is 26.3 Å². The molecule has 20 heavy (non-hydrogen) atoms. The van der Waals surface area contributed by atoms with Crippen molar-refractivity contribution in [1.82, 2.24) is 0 Å². The maximum Gasteiger partial charge on any atom is 0.167 e. The molecule has 0 radical (unpaired) electrons. The van der Waals surface area contributed by atoms with Gasteiger partial charge in [0.1, 0.15) is 5.60 Å². The Hall–Kier alpha value is -0.370. The van der Waals surface area contributed by atoms with Gasteiger partial charge in [-0.05, 0) is 57.3 Å². The van der Waals surface area contributed by atoms with E-state index in [4.69, 9.17) is 4.74 Å². The SMILES string of the molecule is CCOC1(C(=O)C2CCCC(CC)C2)CCC(C)CC1. The van der Waals surface area contributed by atoms with E-state index in [0.717, 1.165) is 50.4 Å². The van der Waals surface area contributed by atoms with Crippen molar-refractivity contribution in [3.63, 3.8) is 0 Å². The Balaban J connectivity index is 2.06. The normalized spacial score (nSPS) is 38.6. The van der Waals surface area contributed by atoms with E-state index in [1.54, 1.807) is 0 Å². The Morgan fingerprint density at radius 1 is 1.15 bits per heavy atom. The molecular weight excluding hydrogens is 248 g/mol. The highest BCUT2D eigenvalue weighted by molar-refractivity contribution is 5.89. The summed E-state index contributed by atoms with van der Waals surface area (Å²) in [6, 6.07) is 0. The van der Waals surface area contributed by atoms with E-state index in [0.29, 0.717) is 12.4 Å². The monoisotopic (exact) mass is 280 g/mol. The number of ether oxygens (including phenoxy) is 1. The summed E-state index contributed by atoms with van der Waals surface area (Å²) >= 11 is 0. The summed E-state index contributed by atoms with van der Waals surface area (Å²) in [4.78, 5) is 13.1. The lowest BCUT2D eigenvalue weighted by Crippen LogP contribution is -2.48. The predicted molar refractivity (Wildman–Crippen MR) is 82.7 cm³/mol. The minimum Gasteiger partial charge on any atom is -0.367 e. The van der Waals surface area contributed by atoms with E-state index in [1.807, 2.05) is 6.92 Å². The molecule has 116 valence electrons. The van der Waals surface area contributed by atoms with Gasteiger partial charge in [-0.25, -0.2) is 0 Å². The molecule has 2 rings (SSSR count). The molecule has 0 spiro atoms. The molecule has 2 atom stereocenters. The summed E-state index contributed by atoms with van der Waals surface area (Å²) in [5.41, 5.74) is -0.429. The molecule has 0 aromatic heterocycles. The fourth-order valence-electron chi connectivity index (χ4n) is 4.24. The molecule has 0 N–H and O–H groups in total. The van der Waals surface area contributed by atoms with Gasteiger partial charge in [0.2, 0.25) is 0 Å². The van der Waals surface area contributed by atoms with Crippen molar-refractivity contribution in [2.45, 2.75) is 84.2 Å². The van der Waals surface area contributed by atoms with E-state index >= 15 is 0 Å². The number of carbonyl (C=O) groups is 1. The molecule has 0 amide bonds. The van der Waals surface area contributed by atoms with Gasteiger partial charge >= 0.3 is 0 Å². The summed E-state index contributed by atoms with van der Waals surface area (Å²) in [6.07, 6.45) is 10.2. The average molecular weight is 280 g/mol. The quantitative estimate of drug-likeness (QED) is 0.726. The summed E-state index contributed by atoms with van der Waals surface area (Å²) in [5, 5.41) is 0. The maximum absolute atomic E-state index is 13.1. The minimum absolute atomic E-state index is 0.272. The van der Waals surface area contributed by atoms with Gasteiger partial charge in [-0.3, -0.25) is 4.79 Å². The third-order valence-corrected chi connectivity index (χ3v) is 5.68. The standard InChI is InChI=1S/C18H32O2/c1-4-15-7-6-8-16(13-15)17(19)18(20-5-2)11-9-14(3)10-12-18/h14-16H,4-13H2,1-3H3. The lowest BCUT2D eigenvalue weighted by atomic mass is 9.69. The molecule has 2 fully saturated rings. The van der Waals surface area contributed by atoms with Crippen LogP contribution in [0.5, 0.6) is 0 Å². The molecule has 2 heteroatoms. The smallest absolute Gasteiger partial charge is 0.167 e. The largest absolute Gasteiger partial charge is 0.367 e. The van der Waals surface area contributed by atoms with Gasteiger partial charge in [0.25, 0.3) is 0 Å². The van der Waals surface area contributed by atoms with E-state index in [9.17, 15) is 4.79 Å². The van der Waals surface area contributed by atoms with Gasteiger partial charge in [0, 0.05) is 12.5 Å². The highest BCUT2D eigenvalue weighted by atomic mass is 16.5. The van der Waals surface area contributed by atoms with Crippen LogP contribution in [0.4, 0.5) is 0 Å². The second-order valence-electron chi connectivity index (χ2n) is 7.11. The van der Waals surface area contributed by atoms with Crippen LogP contribution in [0.3, 0.4) is 0 Å². The molecular formula is C18H32O2. The number of carbonyl (C=O) groups excluding carboxylic acids is 1. The van der Waals surface area contributed by atoms with E-state index in [-0.39, 0.29) is 5.92 Å². The van der Waals surface area contributed by atoms with Crippen LogP contribution in [0.2, 0.25) is 0 Å². The van der Waals surface area contributed by atoms with E-state index in [2.05, 4.69) is 13.8 Å². The van der Waals surface area contributed by atoms with E-state index in [1.165, 1.54) is 19.3 Å². The maximum atomic E-state index is 13.1. The van der Waals surface area contributed by atoms with Crippen LogP contribution >= 0.6 is 0 Å². The molecule has 0 aromatic carbocycles. The summed E-state index contributed by atoms with van der Waals surface area (Å²) in [5.74, 6) is 2.24. The van der Waals surface area contributed by atoms with Crippen LogP contribution in [0.15, 0.2) is 0 Å². The zero-order valence-corrected chi connectivity index (χ0v) is 13.6. The van der Waals surface area contributed by atoms with Crippen molar-refractivity contribution in [3.8, 4) is 0 Å². The Morgan fingerprint density at radius 3 is 2.45 bits per heavy atom. The Bertz CT molecular complexity index is 315. The number of hydrogen-bond acceptors (Lipinski definition) is 2. The molecule has 0 aliphatic heterocycles. The second kappa shape index (κ2) is 7.06. The van der Waals surface area contributed by atoms with Crippen molar-refractivity contribution in [1.29, 1.82) is 0 Å². The number of Topliss-reactive ketones (excluding diaryl/α,β-unsaturated/α-hetero) is 1. The predicted octanol–water partition coefficient (Wildman–Crippen LogP) is 4.76. The van der Waals surface area contributed by atoms with Gasteiger partial charge in [0.15, 0.2) is 5.78 Å². The number of rotatable bonds is 5. The molecule has 2 nitrogen and oxygen atoms in total. The molecule has 2 saturated carbocycles. The second-order valence-corrected chi connectivity index (χ2v) is 7.11. The first-order valence-electron chi connectivity index (χ1n) is 8.79. The molecule has 0 heterocycles. The Labute approximate surface area is 124 Å². The highest BCUT2D eigenvalue weighted by Gasteiger charge is 2.45. The Kier molecular flexibility index (Phi) is 5.65. The lowest BCUT2D eigenvalue weighted by molar-refractivity contribution is -0.156. The lowest BCUT2D eigenvalue weighted by Gasteiger charge is -2.41.